The summed E-state index contributed by atoms with van der Waals surface area (Å²) >= 11 is 0. The fraction of sp³-hybridized carbons (Fsp3) is 0.750. The molecule has 0 saturated heterocycles. The quantitative estimate of drug-likeness (QED) is 0.441. The molecule has 10 heavy (non-hydrogen) atoms. The van der Waals surface area contributed by atoms with E-state index in [0.717, 1.165) is 13.0 Å². The zero-order valence-corrected chi connectivity index (χ0v) is 8.31. The van der Waals surface area contributed by atoms with Crippen LogP contribution in [0.25, 0.3) is 0 Å². The summed E-state index contributed by atoms with van der Waals surface area (Å²) in [5.74, 6) is 0. The lowest BCUT2D eigenvalue weighted by atomic mass is 10.5. The van der Waals surface area contributed by atoms with Crippen molar-refractivity contribution in [3.8, 4) is 0 Å². The molecule has 0 aliphatic heterocycles. The third kappa shape index (κ3) is 4.76. The standard InChI is InChI=1S/C8H18OSi/c1-5-7-8-10(3,4)9-6-2/h5H,1,6-8H2,2-4H3. The van der Waals surface area contributed by atoms with Crippen LogP contribution in [0, 0.1) is 0 Å². The van der Waals surface area contributed by atoms with Gasteiger partial charge >= 0.3 is 0 Å². The molecule has 0 fully saturated rings. The van der Waals surface area contributed by atoms with Crippen molar-refractivity contribution >= 4 is 8.32 Å². The molecule has 0 N–H and O–H groups in total. The minimum absolute atomic E-state index is 0.858. The molecule has 0 aromatic heterocycles. The summed E-state index contributed by atoms with van der Waals surface area (Å²) in [4.78, 5) is 0. The maximum absolute atomic E-state index is 5.62. The van der Waals surface area contributed by atoms with Gasteiger partial charge in [-0.15, -0.1) is 6.58 Å². The first-order valence-electron chi connectivity index (χ1n) is 3.87. The van der Waals surface area contributed by atoms with Gasteiger partial charge in [-0.2, -0.15) is 0 Å². The second kappa shape index (κ2) is 4.69. The predicted octanol–water partition coefficient (Wildman–Crippen LogP) is 2.80. The van der Waals surface area contributed by atoms with E-state index in [1.165, 1.54) is 6.04 Å². The lowest BCUT2D eigenvalue weighted by Crippen LogP contribution is -2.29. The highest BCUT2D eigenvalue weighted by Gasteiger charge is 2.19. The summed E-state index contributed by atoms with van der Waals surface area (Å²) in [5, 5.41) is 0. The zero-order valence-electron chi connectivity index (χ0n) is 7.31. The van der Waals surface area contributed by atoms with Gasteiger partial charge in [0, 0.05) is 6.61 Å². The first-order valence-corrected chi connectivity index (χ1v) is 6.99. The molecule has 60 valence electrons. The highest BCUT2D eigenvalue weighted by molar-refractivity contribution is 6.71. The molecule has 0 spiro atoms. The Balaban J connectivity index is 3.51. The van der Waals surface area contributed by atoms with Crippen LogP contribution in [0.3, 0.4) is 0 Å². The Kier molecular flexibility index (Phi) is 4.65. The summed E-state index contributed by atoms with van der Waals surface area (Å²) in [5.41, 5.74) is 0. The molecule has 0 aromatic rings. The SMILES string of the molecule is C=CCC[Si](C)(C)OCC. The fourth-order valence-corrected chi connectivity index (χ4v) is 2.74. The highest BCUT2D eigenvalue weighted by Crippen LogP contribution is 2.13. The predicted molar refractivity (Wildman–Crippen MR) is 48.7 cm³/mol. The molecular formula is C8H18OSi. The first kappa shape index (κ1) is 9.92. The Labute approximate surface area is 65.2 Å². The molecule has 1 nitrogen and oxygen atoms in total. The van der Waals surface area contributed by atoms with Gasteiger partial charge in [0.2, 0.25) is 0 Å². The molecule has 0 rings (SSSR count). The van der Waals surface area contributed by atoms with Crippen molar-refractivity contribution in [2.75, 3.05) is 6.61 Å². The third-order valence-electron chi connectivity index (χ3n) is 1.49. The molecule has 0 aliphatic carbocycles. The van der Waals surface area contributed by atoms with Crippen molar-refractivity contribution in [3.63, 3.8) is 0 Å². The van der Waals surface area contributed by atoms with Gasteiger partial charge in [0.25, 0.3) is 0 Å². The Morgan fingerprint density at radius 3 is 2.50 bits per heavy atom. The van der Waals surface area contributed by atoms with E-state index in [4.69, 9.17) is 4.43 Å². The van der Waals surface area contributed by atoms with Gasteiger partial charge in [0.1, 0.15) is 0 Å². The minimum Gasteiger partial charge on any atom is -0.418 e. The van der Waals surface area contributed by atoms with E-state index < -0.39 is 8.32 Å². The van der Waals surface area contributed by atoms with Crippen molar-refractivity contribution in [3.05, 3.63) is 12.7 Å². The Morgan fingerprint density at radius 1 is 1.50 bits per heavy atom. The monoisotopic (exact) mass is 158 g/mol. The van der Waals surface area contributed by atoms with E-state index in [-0.39, 0.29) is 0 Å². The average Bonchev–Trinajstić information content (AvgIpc) is 1.84. The van der Waals surface area contributed by atoms with Gasteiger partial charge in [-0.25, -0.2) is 0 Å². The lowest BCUT2D eigenvalue weighted by molar-refractivity contribution is 0.329. The summed E-state index contributed by atoms with van der Waals surface area (Å²) in [6.45, 7) is 11.1. The van der Waals surface area contributed by atoms with Crippen LogP contribution < -0.4 is 0 Å². The van der Waals surface area contributed by atoms with Crippen molar-refractivity contribution < 1.29 is 4.43 Å². The van der Waals surface area contributed by atoms with Gasteiger partial charge in [0.05, 0.1) is 0 Å². The Bertz CT molecular complexity index is 99.4. The molecule has 0 aromatic carbocycles. The van der Waals surface area contributed by atoms with Crippen molar-refractivity contribution in [2.24, 2.45) is 0 Å². The molecular weight excluding hydrogens is 140 g/mol. The van der Waals surface area contributed by atoms with Crippen LogP contribution in [-0.4, -0.2) is 14.9 Å². The van der Waals surface area contributed by atoms with Gasteiger partial charge in [-0.05, 0) is 32.5 Å². The third-order valence-corrected chi connectivity index (χ3v) is 4.05. The Morgan fingerprint density at radius 2 is 2.10 bits per heavy atom. The van der Waals surface area contributed by atoms with Crippen LogP contribution in [0.5, 0.6) is 0 Å². The second-order valence-corrected chi connectivity index (χ2v) is 7.33. The van der Waals surface area contributed by atoms with Crippen LogP contribution in [0.4, 0.5) is 0 Å². The van der Waals surface area contributed by atoms with Crippen molar-refractivity contribution in [1.29, 1.82) is 0 Å². The van der Waals surface area contributed by atoms with E-state index in [9.17, 15) is 0 Å². The zero-order chi connectivity index (χ0) is 8.04. The summed E-state index contributed by atoms with van der Waals surface area (Å²) in [7, 11) is -1.30. The molecule has 0 atom stereocenters. The van der Waals surface area contributed by atoms with Crippen LogP contribution in [-0.2, 0) is 4.43 Å². The Hall–Kier alpha value is -0.0831. The molecule has 0 heterocycles. The molecule has 0 amide bonds. The topological polar surface area (TPSA) is 9.23 Å². The summed E-state index contributed by atoms with van der Waals surface area (Å²) < 4.78 is 5.62. The van der Waals surface area contributed by atoms with Gasteiger partial charge in [-0.3, -0.25) is 0 Å². The maximum atomic E-state index is 5.62. The van der Waals surface area contributed by atoms with Gasteiger partial charge in [-0.1, -0.05) is 6.08 Å². The largest absolute Gasteiger partial charge is 0.418 e. The normalized spacial score (nSPS) is 11.5. The van der Waals surface area contributed by atoms with Crippen LogP contribution >= 0.6 is 0 Å². The van der Waals surface area contributed by atoms with Gasteiger partial charge < -0.3 is 4.43 Å². The first-order chi connectivity index (χ1) is 4.62. The molecule has 0 saturated carbocycles. The van der Waals surface area contributed by atoms with E-state index in [2.05, 4.69) is 26.6 Å². The maximum Gasteiger partial charge on any atom is 0.186 e. The smallest absolute Gasteiger partial charge is 0.186 e. The minimum atomic E-state index is -1.30. The van der Waals surface area contributed by atoms with E-state index in [1.54, 1.807) is 0 Å². The second-order valence-electron chi connectivity index (χ2n) is 3.02. The van der Waals surface area contributed by atoms with Crippen molar-refractivity contribution in [1.82, 2.24) is 0 Å². The van der Waals surface area contributed by atoms with Crippen LogP contribution in [0.2, 0.25) is 19.1 Å². The fourth-order valence-electron chi connectivity index (χ4n) is 0.913. The molecule has 0 aliphatic rings. The number of rotatable bonds is 5. The van der Waals surface area contributed by atoms with E-state index in [1.807, 2.05) is 6.08 Å². The average molecular weight is 158 g/mol. The number of allylic oxidation sites excluding steroid dienone is 1. The van der Waals surface area contributed by atoms with E-state index >= 15 is 0 Å². The van der Waals surface area contributed by atoms with Crippen LogP contribution in [0.15, 0.2) is 12.7 Å². The molecule has 0 radical (unpaired) electrons. The lowest BCUT2D eigenvalue weighted by Gasteiger charge is -2.20. The van der Waals surface area contributed by atoms with Crippen LogP contribution in [0.1, 0.15) is 13.3 Å². The molecule has 0 unspecified atom stereocenters. The highest BCUT2D eigenvalue weighted by atomic mass is 28.4. The van der Waals surface area contributed by atoms with Crippen molar-refractivity contribution in [2.45, 2.75) is 32.5 Å². The number of hydrogen-bond donors (Lipinski definition) is 0. The molecule has 2 heteroatoms. The summed E-state index contributed by atoms with van der Waals surface area (Å²) in [6.07, 6.45) is 3.06. The van der Waals surface area contributed by atoms with Gasteiger partial charge in [0.15, 0.2) is 8.32 Å². The molecule has 0 bridgehead atoms. The number of hydrogen-bond acceptors (Lipinski definition) is 1. The van der Waals surface area contributed by atoms with E-state index in [0.29, 0.717) is 0 Å². The summed E-state index contributed by atoms with van der Waals surface area (Å²) in [6, 6.07) is 1.20.